The number of aromatic carboxylic acids is 1. The molecule has 102 valence electrons. The van der Waals surface area contributed by atoms with Crippen molar-refractivity contribution in [3.63, 3.8) is 0 Å². The average Bonchev–Trinajstić information content (AvgIpc) is 2.31. The van der Waals surface area contributed by atoms with Crippen LogP contribution in [0.1, 0.15) is 45.2 Å². The maximum atomic E-state index is 12.2. The molecule has 0 saturated heterocycles. The number of benzene rings is 1. The highest BCUT2D eigenvalue weighted by atomic mass is 16.4. The molecule has 4 heteroatoms. The van der Waals surface area contributed by atoms with Crippen molar-refractivity contribution in [2.45, 2.75) is 33.2 Å². The predicted molar refractivity (Wildman–Crippen MR) is 74.6 cm³/mol. The molecule has 0 fully saturated rings. The fraction of sp³-hybridized carbons (Fsp3) is 0.333. The lowest BCUT2D eigenvalue weighted by atomic mass is 9.96. The van der Waals surface area contributed by atoms with Crippen molar-refractivity contribution >= 4 is 11.9 Å². The minimum atomic E-state index is -1.08. The van der Waals surface area contributed by atoms with Gasteiger partial charge >= 0.3 is 5.97 Å². The third-order valence-electron chi connectivity index (χ3n) is 2.96. The van der Waals surface area contributed by atoms with Gasteiger partial charge in [0.1, 0.15) is 0 Å². The van der Waals surface area contributed by atoms with Gasteiger partial charge in [0.25, 0.3) is 5.91 Å². The van der Waals surface area contributed by atoms with Crippen LogP contribution in [0.15, 0.2) is 24.8 Å². The molecule has 0 radical (unpaired) electrons. The number of hydrogen-bond donors (Lipinski definition) is 2. The first-order valence-electron chi connectivity index (χ1n) is 6.13. The Morgan fingerprint density at radius 2 is 1.84 bits per heavy atom. The second kappa shape index (κ2) is 6.18. The van der Waals surface area contributed by atoms with Gasteiger partial charge in [-0.2, -0.15) is 0 Å². The Morgan fingerprint density at radius 3 is 2.32 bits per heavy atom. The van der Waals surface area contributed by atoms with Gasteiger partial charge in [-0.3, -0.25) is 4.79 Å². The molecule has 4 nitrogen and oxygen atoms in total. The maximum Gasteiger partial charge on any atom is 0.336 e. The van der Waals surface area contributed by atoms with Crippen LogP contribution >= 0.6 is 0 Å². The van der Waals surface area contributed by atoms with Gasteiger partial charge in [0.15, 0.2) is 0 Å². The van der Waals surface area contributed by atoms with Gasteiger partial charge in [0.05, 0.1) is 11.1 Å². The molecule has 1 atom stereocenters. The number of hydrogen-bond acceptors (Lipinski definition) is 2. The summed E-state index contributed by atoms with van der Waals surface area (Å²) in [6.45, 7) is 8.89. The first-order chi connectivity index (χ1) is 8.88. The molecule has 1 unspecified atom stereocenters. The summed E-state index contributed by atoms with van der Waals surface area (Å²) in [5.41, 5.74) is 1.55. The second-order valence-corrected chi connectivity index (χ2v) is 4.65. The Bertz CT molecular complexity index is 520. The quantitative estimate of drug-likeness (QED) is 0.801. The van der Waals surface area contributed by atoms with Crippen molar-refractivity contribution in [1.29, 1.82) is 0 Å². The van der Waals surface area contributed by atoms with Crippen LogP contribution in [0.5, 0.6) is 0 Å². The number of rotatable bonds is 5. The lowest BCUT2D eigenvalue weighted by Gasteiger charge is -2.16. The Labute approximate surface area is 113 Å². The van der Waals surface area contributed by atoms with Crippen molar-refractivity contribution in [1.82, 2.24) is 5.32 Å². The molecule has 19 heavy (non-hydrogen) atoms. The van der Waals surface area contributed by atoms with Crippen LogP contribution in [0.4, 0.5) is 0 Å². The van der Waals surface area contributed by atoms with Gasteiger partial charge in [0, 0.05) is 6.04 Å². The molecule has 0 spiro atoms. The van der Waals surface area contributed by atoms with Gasteiger partial charge in [-0.15, -0.1) is 6.58 Å². The average molecular weight is 261 g/mol. The van der Waals surface area contributed by atoms with Crippen LogP contribution in [-0.4, -0.2) is 23.0 Å². The van der Waals surface area contributed by atoms with E-state index in [2.05, 4.69) is 11.9 Å². The van der Waals surface area contributed by atoms with Crippen molar-refractivity contribution < 1.29 is 14.7 Å². The number of nitrogens with one attached hydrogen (secondary N) is 1. The molecule has 0 aliphatic carbocycles. The van der Waals surface area contributed by atoms with Crippen molar-refractivity contribution in [2.24, 2.45) is 0 Å². The third kappa shape index (κ3) is 3.44. The molecule has 0 bridgehead atoms. The predicted octanol–water partition coefficient (Wildman–Crippen LogP) is 2.70. The molecule has 1 rings (SSSR count). The van der Waals surface area contributed by atoms with E-state index in [0.29, 0.717) is 17.5 Å². The third-order valence-corrected chi connectivity index (χ3v) is 2.96. The van der Waals surface area contributed by atoms with Crippen LogP contribution in [0.25, 0.3) is 0 Å². The summed E-state index contributed by atoms with van der Waals surface area (Å²) < 4.78 is 0. The SMILES string of the molecule is C=CCC(C)NC(=O)c1c(C)ccc(C)c1C(=O)O. The Kier molecular flexibility index (Phi) is 4.87. The lowest BCUT2D eigenvalue weighted by molar-refractivity contribution is 0.0689. The monoisotopic (exact) mass is 261 g/mol. The van der Waals surface area contributed by atoms with E-state index in [1.54, 1.807) is 32.1 Å². The molecule has 0 aliphatic rings. The second-order valence-electron chi connectivity index (χ2n) is 4.65. The molecule has 0 heterocycles. The van der Waals surface area contributed by atoms with Crippen molar-refractivity contribution in [3.8, 4) is 0 Å². The molecule has 1 aromatic carbocycles. The first kappa shape index (κ1) is 15.0. The van der Waals surface area contributed by atoms with Gasteiger partial charge in [-0.05, 0) is 38.3 Å². The molecule has 1 aromatic rings. The Hall–Kier alpha value is -2.10. The number of carbonyl (C=O) groups excluding carboxylic acids is 1. The van der Waals surface area contributed by atoms with Crippen LogP contribution in [0.3, 0.4) is 0 Å². The highest BCUT2D eigenvalue weighted by molar-refractivity contribution is 6.06. The van der Waals surface area contributed by atoms with E-state index in [-0.39, 0.29) is 23.1 Å². The molecule has 2 N–H and O–H groups in total. The fourth-order valence-electron chi connectivity index (χ4n) is 1.98. The Morgan fingerprint density at radius 1 is 1.32 bits per heavy atom. The molecule has 0 saturated carbocycles. The van der Waals surface area contributed by atoms with E-state index in [9.17, 15) is 14.7 Å². The molecule has 0 aromatic heterocycles. The highest BCUT2D eigenvalue weighted by Crippen LogP contribution is 2.19. The number of carbonyl (C=O) groups is 2. The van der Waals surface area contributed by atoms with Crippen LogP contribution in [-0.2, 0) is 0 Å². The largest absolute Gasteiger partial charge is 0.478 e. The molecular weight excluding hydrogens is 242 g/mol. The summed E-state index contributed by atoms with van der Waals surface area (Å²) in [6, 6.07) is 3.39. The zero-order chi connectivity index (χ0) is 14.6. The first-order valence-corrected chi connectivity index (χ1v) is 6.13. The van der Waals surface area contributed by atoms with E-state index in [4.69, 9.17) is 0 Å². The number of carboxylic acids is 1. The summed E-state index contributed by atoms with van der Waals surface area (Å²) in [4.78, 5) is 23.5. The van der Waals surface area contributed by atoms with Crippen LogP contribution < -0.4 is 5.32 Å². The van der Waals surface area contributed by atoms with Gasteiger partial charge < -0.3 is 10.4 Å². The molecule has 1 amide bonds. The van der Waals surface area contributed by atoms with E-state index in [0.717, 1.165) is 0 Å². The van der Waals surface area contributed by atoms with Crippen LogP contribution in [0, 0.1) is 13.8 Å². The van der Waals surface area contributed by atoms with Crippen molar-refractivity contribution in [3.05, 3.63) is 47.0 Å². The smallest absolute Gasteiger partial charge is 0.336 e. The summed E-state index contributed by atoms with van der Waals surface area (Å²) in [7, 11) is 0. The fourth-order valence-corrected chi connectivity index (χ4v) is 1.98. The van der Waals surface area contributed by atoms with Gasteiger partial charge in [-0.1, -0.05) is 18.2 Å². The summed E-state index contributed by atoms with van der Waals surface area (Å²) >= 11 is 0. The van der Waals surface area contributed by atoms with E-state index in [1.165, 1.54) is 0 Å². The summed E-state index contributed by atoms with van der Waals surface area (Å²) in [5, 5.41) is 12.0. The minimum Gasteiger partial charge on any atom is -0.478 e. The topological polar surface area (TPSA) is 66.4 Å². The normalized spacial score (nSPS) is 11.7. The van der Waals surface area contributed by atoms with Gasteiger partial charge in [-0.25, -0.2) is 4.79 Å². The van der Waals surface area contributed by atoms with Crippen molar-refractivity contribution in [2.75, 3.05) is 0 Å². The van der Waals surface area contributed by atoms with E-state index in [1.807, 2.05) is 6.92 Å². The number of amides is 1. The molecular formula is C15H19NO3. The minimum absolute atomic E-state index is 0.0725. The molecule has 0 aliphatic heterocycles. The summed E-state index contributed by atoms with van der Waals surface area (Å²) in [6.07, 6.45) is 2.35. The standard InChI is InChI=1S/C15H19NO3/c1-5-6-11(4)16-14(17)12-9(2)7-8-10(3)13(12)15(18)19/h5,7-8,11H,1,6H2,2-4H3,(H,16,17)(H,18,19). The van der Waals surface area contributed by atoms with E-state index < -0.39 is 5.97 Å². The lowest BCUT2D eigenvalue weighted by Crippen LogP contribution is -2.34. The number of carboxylic acid groups (broad SMARTS) is 1. The van der Waals surface area contributed by atoms with Crippen LogP contribution in [0.2, 0.25) is 0 Å². The van der Waals surface area contributed by atoms with E-state index >= 15 is 0 Å². The maximum absolute atomic E-state index is 12.2. The summed E-state index contributed by atoms with van der Waals surface area (Å²) in [5.74, 6) is -1.43. The zero-order valence-electron chi connectivity index (χ0n) is 11.5. The number of aryl methyl sites for hydroxylation is 2. The zero-order valence-corrected chi connectivity index (χ0v) is 11.5. The Balaban J connectivity index is 3.18. The highest BCUT2D eigenvalue weighted by Gasteiger charge is 2.21. The van der Waals surface area contributed by atoms with Gasteiger partial charge in [0.2, 0.25) is 0 Å².